The van der Waals surface area contributed by atoms with Crippen LogP contribution < -0.4 is 14.9 Å². The second kappa shape index (κ2) is 7.75. The number of hydrogen-bond acceptors (Lipinski definition) is 4. The number of fused-ring (bicyclic) bond motifs is 1. The molecule has 5 heteroatoms. The van der Waals surface area contributed by atoms with Gasteiger partial charge in [0.25, 0.3) is 0 Å². The molecule has 0 radical (unpaired) electrons. The van der Waals surface area contributed by atoms with E-state index in [0.717, 1.165) is 29.2 Å². The summed E-state index contributed by atoms with van der Waals surface area (Å²) in [6.45, 7) is 3.69. The van der Waals surface area contributed by atoms with Gasteiger partial charge in [-0.2, -0.15) is 5.10 Å². The molecule has 1 aromatic heterocycles. The standard InChI is InChI=1S/C20H23N3O2/c1-4-23-14-16(17-7-5-6-8-18(17)23)13-22-21-12-15-9-10-19(24-2)20(11-15)25-3/h5-11,13-14,21H,4,12H2,1-3H3/b22-13+. The van der Waals surface area contributed by atoms with E-state index in [4.69, 9.17) is 9.47 Å². The maximum Gasteiger partial charge on any atom is 0.161 e. The number of rotatable bonds is 7. The summed E-state index contributed by atoms with van der Waals surface area (Å²) < 4.78 is 12.8. The van der Waals surface area contributed by atoms with Gasteiger partial charge in [-0.15, -0.1) is 0 Å². The lowest BCUT2D eigenvalue weighted by atomic mass is 10.2. The monoisotopic (exact) mass is 337 g/mol. The van der Waals surface area contributed by atoms with Crippen LogP contribution in [-0.2, 0) is 13.1 Å². The molecule has 5 nitrogen and oxygen atoms in total. The van der Waals surface area contributed by atoms with Crippen molar-refractivity contribution < 1.29 is 9.47 Å². The van der Waals surface area contributed by atoms with Crippen LogP contribution in [0, 0.1) is 0 Å². The van der Waals surface area contributed by atoms with E-state index in [-0.39, 0.29) is 0 Å². The summed E-state index contributed by atoms with van der Waals surface area (Å²) in [6.07, 6.45) is 4.00. The van der Waals surface area contributed by atoms with Crippen LogP contribution in [0.3, 0.4) is 0 Å². The number of nitrogens with zero attached hydrogens (tertiary/aromatic N) is 2. The molecule has 0 aliphatic carbocycles. The predicted octanol–water partition coefficient (Wildman–Crippen LogP) is 3.80. The minimum Gasteiger partial charge on any atom is -0.493 e. The van der Waals surface area contributed by atoms with E-state index >= 15 is 0 Å². The highest BCUT2D eigenvalue weighted by atomic mass is 16.5. The summed E-state index contributed by atoms with van der Waals surface area (Å²) in [6, 6.07) is 14.2. The molecule has 2 aromatic carbocycles. The maximum absolute atomic E-state index is 5.32. The van der Waals surface area contributed by atoms with Crippen LogP contribution in [-0.4, -0.2) is 25.0 Å². The molecule has 0 fully saturated rings. The molecule has 0 spiro atoms. The summed E-state index contributed by atoms with van der Waals surface area (Å²) in [5, 5.41) is 5.58. The van der Waals surface area contributed by atoms with Crippen LogP contribution in [0.1, 0.15) is 18.1 Å². The largest absolute Gasteiger partial charge is 0.493 e. The van der Waals surface area contributed by atoms with Crippen molar-refractivity contribution in [2.24, 2.45) is 5.10 Å². The molecule has 3 rings (SSSR count). The van der Waals surface area contributed by atoms with Crippen molar-refractivity contribution in [1.29, 1.82) is 0 Å². The van der Waals surface area contributed by atoms with Gasteiger partial charge in [-0.3, -0.25) is 0 Å². The van der Waals surface area contributed by atoms with Crippen LogP contribution in [0.2, 0.25) is 0 Å². The normalized spacial score (nSPS) is 11.2. The Kier molecular flexibility index (Phi) is 5.23. The zero-order chi connectivity index (χ0) is 17.6. The number of aromatic nitrogens is 1. The molecule has 0 saturated carbocycles. The van der Waals surface area contributed by atoms with Gasteiger partial charge in [0.2, 0.25) is 0 Å². The lowest BCUT2D eigenvalue weighted by Crippen LogP contribution is -2.06. The topological polar surface area (TPSA) is 47.8 Å². The van der Waals surface area contributed by atoms with Gasteiger partial charge in [0.05, 0.1) is 27.0 Å². The van der Waals surface area contributed by atoms with Crippen molar-refractivity contribution in [3.05, 3.63) is 59.8 Å². The Bertz CT molecular complexity index is 884. The smallest absolute Gasteiger partial charge is 0.161 e. The van der Waals surface area contributed by atoms with Crippen LogP contribution in [0.5, 0.6) is 11.5 Å². The number of hydrogen-bond donors (Lipinski definition) is 1. The highest BCUT2D eigenvalue weighted by molar-refractivity contribution is 5.99. The van der Waals surface area contributed by atoms with E-state index in [1.54, 1.807) is 14.2 Å². The summed E-state index contributed by atoms with van der Waals surface area (Å²) >= 11 is 0. The fourth-order valence-electron chi connectivity index (χ4n) is 2.88. The third-order valence-corrected chi connectivity index (χ3v) is 4.19. The van der Waals surface area contributed by atoms with E-state index in [2.05, 4.69) is 52.5 Å². The van der Waals surface area contributed by atoms with Gasteiger partial charge in [-0.25, -0.2) is 0 Å². The van der Waals surface area contributed by atoms with Crippen LogP contribution >= 0.6 is 0 Å². The average Bonchev–Trinajstić information content (AvgIpc) is 3.03. The summed E-state index contributed by atoms with van der Waals surface area (Å²) in [7, 11) is 3.27. The van der Waals surface area contributed by atoms with Gasteiger partial charge in [0.1, 0.15) is 0 Å². The molecule has 130 valence electrons. The quantitative estimate of drug-likeness (QED) is 0.527. The van der Waals surface area contributed by atoms with Crippen LogP contribution in [0.15, 0.2) is 53.8 Å². The summed E-state index contributed by atoms with van der Waals surface area (Å²) in [5.74, 6) is 1.44. The minimum atomic E-state index is 0.614. The molecule has 1 heterocycles. The lowest BCUT2D eigenvalue weighted by molar-refractivity contribution is 0.354. The number of hydrazone groups is 1. The molecule has 0 unspecified atom stereocenters. The fourth-order valence-corrected chi connectivity index (χ4v) is 2.88. The Morgan fingerprint density at radius 3 is 2.64 bits per heavy atom. The molecule has 0 bridgehead atoms. The molecule has 0 amide bonds. The van der Waals surface area contributed by atoms with E-state index in [9.17, 15) is 0 Å². The Morgan fingerprint density at radius 2 is 1.88 bits per heavy atom. The van der Waals surface area contributed by atoms with Gasteiger partial charge in [-0.1, -0.05) is 24.3 Å². The first-order chi connectivity index (χ1) is 12.3. The van der Waals surface area contributed by atoms with Gasteiger partial charge in [0.15, 0.2) is 11.5 Å². The summed E-state index contributed by atoms with van der Waals surface area (Å²) in [5.41, 5.74) is 6.51. The van der Waals surface area contributed by atoms with Crippen molar-refractivity contribution in [2.45, 2.75) is 20.0 Å². The third kappa shape index (κ3) is 3.60. The molecule has 0 aliphatic heterocycles. The zero-order valence-electron chi connectivity index (χ0n) is 14.8. The van der Waals surface area contributed by atoms with Gasteiger partial charge < -0.3 is 19.5 Å². The predicted molar refractivity (Wildman–Crippen MR) is 102 cm³/mol. The first-order valence-electron chi connectivity index (χ1n) is 8.31. The Hall–Kier alpha value is -2.95. The van der Waals surface area contributed by atoms with Gasteiger partial charge in [-0.05, 0) is 30.7 Å². The Morgan fingerprint density at radius 1 is 1.08 bits per heavy atom. The first-order valence-corrected chi connectivity index (χ1v) is 8.31. The number of benzene rings is 2. The molecule has 25 heavy (non-hydrogen) atoms. The van der Waals surface area contributed by atoms with Crippen molar-refractivity contribution in [1.82, 2.24) is 9.99 Å². The zero-order valence-corrected chi connectivity index (χ0v) is 14.8. The second-order valence-corrected chi connectivity index (χ2v) is 5.67. The van der Waals surface area contributed by atoms with Crippen molar-refractivity contribution in [3.63, 3.8) is 0 Å². The van der Waals surface area contributed by atoms with Gasteiger partial charge >= 0.3 is 0 Å². The fraction of sp³-hybridized carbons (Fsp3) is 0.250. The van der Waals surface area contributed by atoms with Crippen molar-refractivity contribution in [3.8, 4) is 11.5 Å². The van der Waals surface area contributed by atoms with E-state index in [0.29, 0.717) is 6.54 Å². The number of methoxy groups -OCH3 is 2. The lowest BCUT2D eigenvalue weighted by Gasteiger charge is -2.09. The van der Waals surface area contributed by atoms with E-state index < -0.39 is 0 Å². The molecule has 0 aliphatic rings. The highest BCUT2D eigenvalue weighted by Crippen LogP contribution is 2.27. The molecule has 1 N–H and O–H groups in total. The van der Waals surface area contributed by atoms with Gasteiger partial charge in [0, 0.05) is 29.2 Å². The highest BCUT2D eigenvalue weighted by Gasteiger charge is 2.05. The molecular formula is C20H23N3O2. The number of para-hydroxylation sites is 1. The minimum absolute atomic E-state index is 0.614. The summed E-state index contributed by atoms with van der Waals surface area (Å²) in [4.78, 5) is 0. The SMILES string of the molecule is CCn1cc(/C=N/NCc2ccc(OC)c(OC)c2)c2ccccc21. The Balaban J connectivity index is 1.70. The van der Waals surface area contributed by atoms with Crippen molar-refractivity contribution >= 4 is 17.1 Å². The van der Waals surface area contributed by atoms with Crippen molar-refractivity contribution in [2.75, 3.05) is 14.2 Å². The average molecular weight is 337 g/mol. The van der Waals surface area contributed by atoms with Crippen LogP contribution in [0.4, 0.5) is 0 Å². The van der Waals surface area contributed by atoms with E-state index in [1.807, 2.05) is 24.4 Å². The number of ether oxygens (including phenoxy) is 2. The molecule has 0 atom stereocenters. The Labute approximate surface area is 147 Å². The molecular weight excluding hydrogens is 314 g/mol. The third-order valence-electron chi connectivity index (χ3n) is 4.19. The first kappa shape index (κ1) is 16.9. The van der Waals surface area contributed by atoms with Crippen LogP contribution in [0.25, 0.3) is 10.9 Å². The molecule has 3 aromatic rings. The maximum atomic E-state index is 5.32. The second-order valence-electron chi connectivity index (χ2n) is 5.67. The number of nitrogens with one attached hydrogen (secondary N) is 1. The number of aryl methyl sites for hydroxylation is 1. The molecule has 0 saturated heterocycles. The van der Waals surface area contributed by atoms with E-state index in [1.165, 1.54) is 10.9 Å².